The highest BCUT2D eigenvalue weighted by molar-refractivity contribution is 6.30. The average Bonchev–Trinajstić information content (AvgIpc) is 2.77. The Hall–Kier alpha value is -3.45. The maximum Gasteiger partial charge on any atom is 0.418 e. The van der Waals surface area contributed by atoms with Gasteiger partial charge in [-0.1, -0.05) is 66.2 Å². The molecule has 0 saturated carbocycles. The first-order valence-electron chi connectivity index (χ1n) is 10.2. The van der Waals surface area contributed by atoms with Gasteiger partial charge in [-0.15, -0.1) is 0 Å². The molecule has 0 radical (unpaired) electrons. The van der Waals surface area contributed by atoms with Gasteiger partial charge in [0.1, 0.15) is 5.92 Å². The summed E-state index contributed by atoms with van der Waals surface area (Å²) in [7, 11) is 0. The van der Waals surface area contributed by atoms with Gasteiger partial charge in [-0.3, -0.25) is 4.79 Å². The smallest absolute Gasteiger partial charge is 0.418 e. The van der Waals surface area contributed by atoms with Crippen molar-refractivity contribution < 1.29 is 19.1 Å². The zero-order valence-electron chi connectivity index (χ0n) is 17.8. The van der Waals surface area contributed by atoms with Crippen LogP contribution in [0.4, 0.5) is 9.59 Å². The largest absolute Gasteiger partial charge is 0.449 e. The molecule has 8 heteroatoms. The second-order valence-electron chi connectivity index (χ2n) is 7.14. The Kier molecular flexibility index (Phi) is 7.78. The van der Waals surface area contributed by atoms with Crippen LogP contribution < -0.4 is 5.32 Å². The van der Waals surface area contributed by atoms with E-state index in [-0.39, 0.29) is 19.1 Å². The van der Waals surface area contributed by atoms with Crippen molar-refractivity contribution in [3.8, 4) is 0 Å². The maximum absolute atomic E-state index is 13.2. The standard InChI is InChI=1S/C24H24ClN3O4/c1-3-32-24(31)28-21(18-12-7-13-19(25)15-18)20(16(2)27-23(28)30)22(29)26-14-8-11-17-9-5-4-6-10-17/h4-13,15,20-21H,3,14H2,1-2H3,(H,26,29). The Morgan fingerprint density at radius 1 is 1.19 bits per heavy atom. The van der Waals surface area contributed by atoms with E-state index in [9.17, 15) is 14.4 Å². The minimum absolute atomic E-state index is 0.0781. The van der Waals surface area contributed by atoms with E-state index in [1.165, 1.54) is 0 Å². The van der Waals surface area contributed by atoms with Crippen LogP contribution in [0.5, 0.6) is 0 Å². The predicted molar refractivity (Wildman–Crippen MR) is 124 cm³/mol. The van der Waals surface area contributed by atoms with Gasteiger partial charge in [-0.05, 0) is 37.1 Å². The molecule has 0 spiro atoms. The van der Waals surface area contributed by atoms with Gasteiger partial charge in [0, 0.05) is 17.3 Å². The van der Waals surface area contributed by atoms with Crippen molar-refractivity contribution in [2.24, 2.45) is 10.9 Å². The molecular formula is C24H24ClN3O4. The molecule has 3 rings (SSSR count). The first-order chi connectivity index (χ1) is 15.4. The summed E-state index contributed by atoms with van der Waals surface area (Å²) in [5.41, 5.74) is 1.85. The number of amides is 4. The molecule has 1 heterocycles. The number of imide groups is 1. The fourth-order valence-electron chi connectivity index (χ4n) is 3.55. The molecule has 7 nitrogen and oxygen atoms in total. The molecule has 2 atom stereocenters. The topological polar surface area (TPSA) is 88.1 Å². The fourth-order valence-corrected chi connectivity index (χ4v) is 3.75. The van der Waals surface area contributed by atoms with Crippen LogP contribution in [-0.2, 0) is 9.53 Å². The molecule has 2 unspecified atom stereocenters. The number of nitrogens with zero attached hydrogens (tertiary/aromatic N) is 2. The minimum Gasteiger partial charge on any atom is -0.449 e. The minimum atomic E-state index is -0.934. The van der Waals surface area contributed by atoms with Crippen LogP contribution in [0.25, 0.3) is 6.08 Å². The van der Waals surface area contributed by atoms with Gasteiger partial charge < -0.3 is 10.1 Å². The second kappa shape index (κ2) is 10.7. The van der Waals surface area contributed by atoms with Crippen LogP contribution in [-0.4, -0.2) is 41.8 Å². The Morgan fingerprint density at radius 3 is 2.62 bits per heavy atom. The molecular weight excluding hydrogens is 430 g/mol. The van der Waals surface area contributed by atoms with Gasteiger partial charge in [0.25, 0.3) is 0 Å². The first-order valence-corrected chi connectivity index (χ1v) is 10.6. The van der Waals surface area contributed by atoms with E-state index in [0.29, 0.717) is 16.3 Å². The molecule has 32 heavy (non-hydrogen) atoms. The van der Waals surface area contributed by atoms with Crippen LogP contribution in [0.1, 0.15) is 31.0 Å². The van der Waals surface area contributed by atoms with Gasteiger partial charge >= 0.3 is 12.1 Å². The SMILES string of the molecule is CCOC(=O)N1C(=O)N=C(C)C(C(=O)NCC=Cc2ccccc2)C1c1cccc(Cl)c1. The molecule has 4 amide bonds. The van der Waals surface area contributed by atoms with Crippen molar-refractivity contribution in [1.82, 2.24) is 10.2 Å². The van der Waals surface area contributed by atoms with Crippen molar-refractivity contribution in [2.75, 3.05) is 13.2 Å². The van der Waals surface area contributed by atoms with Crippen LogP contribution in [0.2, 0.25) is 5.02 Å². The summed E-state index contributed by atoms with van der Waals surface area (Å²) >= 11 is 6.15. The summed E-state index contributed by atoms with van der Waals surface area (Å²) < 4.78 is 5.07. The molecule has 1 aliphatic heterocycles. The van der Waals surface area contributed by atoms with E-state index in [1.54, 1.807) is 38.1 Å². The lowest BCUT2D eigenvalue weighted by atomic mass is 9.86. The molecule has 0 aliphatic carbocycles. The number of ether oxygens (including phenoxy) is 1. The summed E-state index contributed by atoms with van der Waals surface area (Å²) in [4.78, 5) is 43.2. The lowest BCUT2D eigenvalue weighted by Crippen LogP contribution is -2.51. The van der Waals surface area contributed by atoms with Gasteiger partial charge in [0.05, 0.1) is 12.6 Å². The number of aliphatic imine (C=N–C) groups is 1. The monoisotopic (exact) mass is 453 g/mol. The van der Waals surface area contributed by atoms with E-state index in [0.717, 1.165) is 10.5 Å². The molecule has 0 bridgehead atoms. The summed E-state index contributed by atoms with van der Waals surface area (Å²) in [5.74, 6) is -1.25. The lowest BCUT2D eigenvalue weighted by Gasteiger charge is -2.36. The third-order valence-electron chi connectivity index (χ3n) is 4.96. The highest BCUT2D eigenvalue weighted by Gasteiger charge is 2.45. The molecule has 2 aromatic carbocycles. The van der Waals surface area contributed by atoms with Crippen molar-refractivity contribution in [3.63, 3.8) is 0 Å². The van der Waals surface area contributed by atoms with E-state index < -0.39 is 24.1 Å². The fraction of sp³-hybridized carbons (Fsp3) is 0.250. The van der Waals surface area contributed by atoms with Gasteiger partial charge in [-0.2, -0.15) is 0 Å². The number of nitrogens with one attached hydrogen (secondary N) is 1. The van der Waals surface area contributed by atoms with Crippen molar-refractivity contribution >= 4 is 41.4 Å². The maximum atomic E-state index is 13.2. The number of urea groups is 1. The summed E-state index contributed by atoms with van der Waals surface area (Å²) in [6.07, 6.45) is 2.86. The van der Waals surface area contributed by atoms with Crippen LogP contribution in [0.3, 0.4) is 0 Å². The number of rotatable bonds is 6. The Labute approximate surface area is 191 Å². The molecule has 0 fully saturated rings. The van der Waals surface area contributed by atoms with Crippen molar-refractivity contribution in [3.05, 3.63) is 76.8 Å². The van der Waals surface area contributed by atoms with Gasteiger partial charge in [0.2, 0.25) is 5.91 Å². The normalized spacial score (nSPS) is 18.4. The van der Waals surface area contributed by atoms with Crippen LogP contribution >= 0.6 is 11.6 Å². The average molecular weight is 454 g/mol. The number of carbonyl (C=O) groups excluding carboxylic acids is 3. The molecule has 1 aliphatic rings. The lowest BCUT2D eigenvalue weighted by molar-refractivity contribution is -0.124. The zero-order chi connectivity index (χ0) is 23.1. The number of hydrogen-bond acceptors (Lipinski definition) is 4. The summed E-state index contributed by atoms with van der Waals surface area (Å²) in [5, 5.41) is 3.26. The summed E-state index contributed by atoms with van der Waals surface area (Å²) in [6, 6.07) is 14.7. The highest BCUT2D eigenvalue weighted by Crippen LogP contribution is 2.35. The number of benzene rings is 2. The predicted octanol–water partition coefficient (Wildman–Crippen LogP) is 4.88. The first kappa shape index (κ1) is 23.2. The second-order valence-corrected chi connectivity index (χ2v) is 7.58. The van der Waals surface area contributed by atoms with E-state index in [1.807, 2.05) is 42.5 Å². The third kappa shape index (κ3) is 5.42. The zero-order valence-corrected chi connectivity index (χ0v) is 18.6. The Balaban J connectivity index is 1.88. The van der Waals surface area contributed by atoms with E-state index in [2.05, 4.69) is 10.3 Å². The third-order valence-corrected chi connectivity index (χ3v) is 5.20. The summed E-state index contributed by atoms with van der Waals surface area (Å²) in [6.45, 7) is 3.59. The van der Waals surface area contributed by atoms with Crippen LogP contribution in [0, 0.1) is 5.92 Å². The molecule has 0 saturated heterocycles. The van der Waals surface area contributed by atoms with E-state index >= 15 is 0 Å². The molecule has 2 aromatic rings. The van der Waals surface area contributed by atoms with Gasteiger partial charge in [-0.25, -0.2) is 19.5 Å². The Bertz CT molecular complexity index is 1050. The Morgan fingerprint density at radius 2 is 1.94 bits per heavy atom. The van der Waals surface area contributed by atoms with E-state index in [4.69, 9.17) is 16.3 Å². The molecule has 1 N–H and O–H groups in total. The molecule has 0 aromatic heterocycles. The van der Waals surface area contributed by atoms with Gasteiger partial charge in [0.15, 0.2) is 0 Å². The van der Waals surface area contributed by atoms with Crippen LogP contribution in [0.15, 0.2) is 65.7 Å². The molecule has 166 valence electrons. The quantitative estimate of drug-likeness (QED) is 0.675. The number of carbonyl (C=O) groups is 3. The van der Waals surface area contributed by atoms with Crippen molar-refractivity contribution in [2.45, 2.75) is 19.9 Å². The highest BCUT2D eigenvalue weighted by atomic mass is 35.5. The van der Waals surface area contributed by atoms with Crippen molar-refractivity contribution in [1.29, 1.82) is 0 Å². The number of halogens is 1. The number of hydrogen-bond donors (Lipinski definition) is 1.